The molecule has 3 aromatic rings. The van der Waals surface area contributed by atoms with Crippen molar-refractivity contribution in [2.75, 3.05) is 11.5 Å². The molecule has 24 heavy (non-hydrogen) atoms. The van der Waals surface area contributed by atoms with Crippen LogP contribution in [-0.2, 0) is 6.54 Å². The van der Waals surface area contributed by atoms with Crippen LogP contribution in [0.4, 0.5) is 5.69 Å². The highest BCUT2D eigenvalue weighted by Crippen LogP contribution is 2.33. The average molecular weight is 337 g/mol. The van der Waals surface area contributed by atoms with Gasteiger partial charge in [0.1, 0.15) is 5.75 Å². The Morgan fingerprint density at radius 3 is 2.96 bits per heavy atom. The number of rotatable bonds is 5. The Bertz CT molecular complexity index is 900. The summed E-state index contributed by atoms with van der Waals surface area (Å²) in [6.45, 7) is 3.46. The maximum atomic E-state index is 12.8. The van der Waals surface area contributed by atoms with Gasteiger partial charge in [-0.3, -0.25) is 4.79 Å². The molecule has 0 spiro atoms. The Morgan fingerprint density at radius 2 is 2.08 bits per heavy atom. The molecule has 0 saturated carbocycles. The summed E-state index contributed by atoms with van der Waals surface area (Å²) in [5, 5.41) is 3.26. The van der Waals surface area contributed by atoms with Gasteiger partial charge < -0.3 is 9.64 Å². The van der Waals surface area contributed by atoms with Gasteiger partial charge >= 0.3 is 0 Å². The van der Waals surface area contributed by atoms with E-state index in [-0.39, 0.29) is 5.91 Å². The number of hydrogen-bond donors (Lipinski definition) is 0. The van der Waals surface area contributed by atoms with Crippen molar-refractivity contribution in [1.29, 1.82) is 0 Å². The van der Waals surface area contributed by atoms with Crippen molar-refractivity contribution in [1.82, 2.24) is 0 Å². The van der Waals surface area contributed by atoms with Crippen LogP contribution < -0.4 is 9.64 Å². The van der Waals surface area contributed by atoms with Crippen LogP contribution in [0.2, 0.25) is 0 Å². The highest BCUT2D eigenvalue weighted by molar-refractivity contribution is 7.17. The lowest BCUT2D eigenvalue weighted by Gasteiger charge is -2.15. The van der Waals surface area contributed by atoms with Gasteiger partial charge in [0.25, 0.3) is 5.91 Å². The quantitative estimate of drug-likeness (QED) is 0.596. The van der Waals surface area contributed by atoms with E-state index in [9.17, 15) is 4.79 Å². The van der Waals surface area contributed by atoms with Crippen LogP contribution in [0.25, 0.3) is 10.1 Å². The van der Waals surface area contributed by atoms with Crippen LogP contribution in [-0.4, -0.2) is 12.5 Å². The van der Waals surface area contributed by atoms with Crippen LogP contribution in [0.3, 0.4) is 0 Å². The molecule has 1 aliphatic rings. The van der Waals surface area contributed by atoms with Crippen molar-refractivity contribution < 1.29 is 9.53 Å². The summed E-state index contributed by atoms with van der Waals surface area (Å²) in [6.07, 6.45) is 2.13. The van der Waals surface area contributed by atoms with Gasteiger partial charge in [0, 0.05) is 16.0 Å². The van der Waals surface area contributed by atoms with Gasteiger partial charge in [-0.1, -0.05) is 19.4 Å². The molecule has 122 valence electrons. The van der Waals surface area contributed by atoms with Gasteiger partial charge in [0.05, 0.1) is 13.2 Å². The number of thiophene rings is 1. The Kier molecular flexibility index (Phi) is 3.98. The van der Waals surface area contributed by atoms with Gasteiger partial charge in [0.2, 0.25) is 0 Å². The lowest BCUT2D eigenvalue weighted by Crippen LogP contribution is -2.22. The average Bonchev–Trinajstić information content (AvgIpc) is 3.19. The fourth-order valence-corrected chi connectivity index (χ4v) is 3.81. The van der Waals surface area contributed by atoms with E-state index in [4.69, 9.17) is 4.74 Å². The van der Waals surface area contributed by atoms with Gasteiger partial charge in [-0.05, 0) is 59.1 Å². The number of amides is 1. The molecular weight excluding hydrogens is 318 g/mol. The largest absolute Gasteiger partial charge is 0.494 e. The van der Waals surface area contributed by atoms with E-state index in [1.165, 1.54) is 10.1 Å². The van der Waals surface area contributed by atoms with Crippen molar-refractivity contribution in [2.45, 2.75) is 26.3 Å². The number of nitrogens with zero attached hydrogens (tertiary/aromatic N) is 1. The van der Waals surface area contributed by atoms with E-state index < -0.39 is 0 Å². The summed E-state index contributed by atoms with van der Waals surface area (Å²) in [5.41, 5.74) is 2.78. The van der Waals surface area contributed by atoms with Gasteiger partial charge in [-0.25, -0.2) is 0 Å². The SMILES string of the molecule is CCCCOc1ccc2c(c1)C(=O)N(c1ccc3sccc3c1)C2. The molecule has 3 nitrogen and oxygen atoms in total. The zero-order valence-electron chi connectivity index (χ0n) is 13.6. The molecule has 1 aliphatic heterocycles. The molecule has 1 amide bonds. The third-order valence-corrected chi connectivity index (χ3v) is 5.30. The van der Waals surface area contributed by atoms with E-state index in [0.29, 0.717) is 13.2 Å². The van der Waals surface area contributed by atoms with Crippen LogP contribution in [0.5, 0.6) is 5.75 Å². The fourth-order valence-electron chi connectivity index (χ4n) is 3.03. The first-order valence-electron chi connectivity index (χ1n) is 8.31. The minimum atomic E-state index is 0.0560. The lowest BCUT2D eigenvalue weighted by molar-refractivity contribution is 0.0996. The van der Waals surface area contributed by atoms with Crippen molar-refractivity contribution in [3.63, 3.8) is 0 Å². The van der Waals surface area contributed by atoms with Gasteiger partial charge in [0.15, 0.2) is 0 Å². The topological polar surface area (TPSA) is 29.5 Å². The summed E-state index contributed by atoms with van der Waals surface area (Å²) in [6, 6.07) is 14.2. The summed E-state index contributed by atoms with van der Waals surface area (Å²) >= 11 is 1.72. The highest BCUT2D eigenvalue weighted by Gasteiger charge is 2.29. The zero-order valence-corrected chi connectivity index (χ0v) is 14.4. The predicted molar refractivity (Wildman–Crippen MR) is 99.2 cm³/mol. The van der Waals surface area contributed by atoms with E-state index in [0.717, 1.165) is 35.4 Å². The molecule has 0 saturated heterocycles. The van der Waals surface area contributed by atoms with Crippen molar-refractivity contribution in [2.24, 2.45) is 0 Å². The number of hydrogen-bond acceptors (Lipinski definition) is 3. The Labute approximate surface area is 145 Å². The first kappa shape index (κ1) is 15.2. The normalized spacial score (nSPS) is 13.5. The lowest BCUT2D eigenvalue weighted by atomic mass is 10.1. The molecule has 0 radical (unpaired) electrons. The molecule has 0 bridgehead atoms. The molecule has 2 aromatic carbocycles. The van der Waals surface area contributed by atoms with E-state index in [2.05, 4.69) is 30.5 Å². The minimum Gasteiger partial charge on any atom is -0.494 e. The third-order valence-electron chi connectivity index (χ3n) is 4.40. The van der Waals surface area contributed by atoms with Crippen LogP contribution in [0.15, 0.2) is 47.8 Å². The molecule has 0 fully saturated rings. The summed E-state index contributed by atoms with van der Waals surface area (Å²) < 4.78 is 6.98. The molecule has 1 aromatic heterocycles. The second kappa shape index (κ2) is 6.29. The van der Waals surface area contributed by atoms with E-state index >= 15 is 0 Å². The number of anilines is 1. The standard InChI is InChI=1S/C20H19NO2S/c1-2-3-9-23-17-6-4-15-13-21(20(22)18(15)12-17)16-5-7-19-14(11-16)8-10-24-19/h4-8,10-12H,2-3,9,13H2,1H3. The fraction of sp³-hybridized carbons (Fsp3) is 0.250. The molecule has 0 N–H and O–H groups in total. The number of fused-ring (bicyclic) bond motifs is 2. The van der Waals surface area contributed by atoms with Crippen LogP contribution in [0.1, 0.15) is 35.7 Å². The third kappa shape index (κ3) is 2.67. The number of benzene rings is 2. The molecule has 0 unspecified atom stereocenters. The molecule has 0 aliphatic carbocycles. The Morgan fingerprint density at radius 1 is 1.17 bits per heavy atom. The number of unbranched alkanes of at least 4 members (excludes halogenated alkanes) is 1. The maximum Gasteiger partial charge on any atom is 0.259 e. The number of carbonyl (C=O) groups excluding carboxylic acids is 1. The van der Waals surface area contributed by atoms with Crippen molar-refractivity contribution >= 4 is 33.0 Å². The molecule has 4 heteroatoms. The summed E-state index contributed by atoms with van der Waals surface area (Å²) in [4.78, 5) is 14.7. The Balaban J connectivity index is 1.60. The zero-order chi connectivity index (χ0) is 16.5. The molecular formula is C20H19NO2S. The monoisotopic (exact) mass is 337 g/mol. The Hall–Kier alpha value is -2.33. The number of carbonyl (C=O) groups is 1. The predicted octanol–water partition coefficient (Wildman–Crippen LogP) is 5.24. The van der Waals surface area contributed by atoms with E-state index in [1.54, 1.807) is 11.3 Å². The summed E-state index contributed by atoms with van der Waals surface area (Å²) in [5.74, 6) is 0.839. The van der Waals surface area contributed by atoms with Crippen LogP contribution in [0, 0.1) is 0 Å². The van der Waals surface area contributed by atoms with Crippen LogP contribution >= 0.6 is 11.3 Å². The maximum absolute atomic E-state index is 12.8. The highest BCUT2D eigenvalue weighted by atomic mass is 32.1. The first-order chi connectivity index (χ1) is 11.8. The number of ether oxygens (including phenoxy) is 1. The smallest absolute Gasteiger partial charge is 0.259 e. The molecule has 0 atom stereocenters. The minimum absolute atomic E-state index is 0.0560. The van der Waals surface area contributed by atoms with E-state index in [1.807, 2.05) is 29.2 Å². The van der Waals surface area contributed by atoms with Crippen molar-refractivity contribution in [3.8, 4) is 5.75 Å². The summed E-state index contributed by atoms with van der Waals surface area (Å²) in [7, 11) is 0. The van der Waals surface area contributed by atoms with Gasteiger partial charge in [-0.2, -0.15) is 0 Å². The first-order valence-corrected chi connectivity index (χ1v) is 9.19. The second-order valence-corrected chi connectivity index (χ2v) is 7.00. The van der Waals surface area contributed by atoms with Gasteiger partial charge in [-0.15, -0.1) is 11.3 Å². The molecule has 4 rings (SSSR count). The molecule has 2 heterocycles. The van der Waals surface area contributed by atoms with Crippen molar-refractivity contribution in [3.05, 3.63) is 59.0 Å². The second-order valence-electron chi connectivity index (χ2n) is 6.05.